The van der Waals surface area contributed by atoms with E-state index in [0.717, 1.165) is 36.8 Å². The van der Waals surface area contributed by atoms with Crippen molar-refractivity contribution in [3.8, 4) is 11.5 Å². The largest absolute Gasteiger partial charge is 0.457 e. The smallest absolute Gasteiger partial charge is 0.253 e. The summed E-state index contributed by atoms with van der Waals surface area (Å²) in [5.74, 6) is -0.184. The summed E-state index contributed by atoms with van der Waals surface area (Å²) in [6.07, 6.45) is 5.75. The monoisotopic (exact) mass is 1020 g/mol. The van der Waals surface area contributed by atoms with Crippen molar-refractivity contribution in [2.45, 2.75) is 145 Å². The molecule has 13 nitrogen and oxygen atoms in total. The van der Waals surface area contributed by atoms with Crippen LogP contribution in [0.1, 0.15) is 140 Å². The predicted octanol–water partition coefficient (Wildman–Crippen LogP) is 9.98. The minimum atomic E-state index is -0.701. The summed E-state index contributed by atoms with van der Waals surface area (Å²) in [6, 6.07) is 32.4. The highest BCUT2D eigenvalue weighted by Gasteiger charge is 2.42. The van der Waals surface area contributed by atoms with Gasteiger partial charge in [0.15, 0.2) is 0 Å². The van der Waals surface area contributed by atoms with E-state index >= 15 is 0 Å². The summed E-state index contributed by atoms with van der Waals surface area (Å²) in [4.78, 5) is 91.3. The molecule has 6 atom stereocenters. The first-order valence-corrected chi connectivity index (χ1v) is 27.4. The molecule has 6 rings (SSSR count). The summed E-state index contributed by atoms with van der Waals surface area (Å²) in [7, 11) is 0. The van der Waals surface area contributed by atoms with E-state index in [1.54, 1.807) is 48.5 Å². The third kappa shape index (κ3) is 15.8. The van der Waals surface area contributed by atoms with E-state index in [9.17, 15) is 28.8 Å². The van der Waals surface area contributed by atoms with Gasteiger partial charge in [-0.2, -0.15) is 0 Å². The van der Waals surface area contributed by atoms with E-state index in [2.05, 4.69) is 10.6 Å². The van der Waals surface area contributed by atoms with Crippen LogP contribution in [-0.4, -0.2) is 118 Å². The van der Waals surface area contributed by atoms with E-state index in [1.807, 2.05) is 150 Å². The van der Waals surface area contributed by atoms with Gasteiger partial charge in [-0.1, -0.05) is 130 Å². The molecule has 2 heterocycles. The molecule has 2 aliphatic rings. The normalized spacial score (nSPS) is 17.4. The molecule has 75 heavy (non-hydrogen) atoms. The van der Waals surface area contributed by atoms with Crippen molar-refractivity contribution in [1.82, 2.24) is 30.2 Å². The number of nitrogens with zero attached hydrogens (tertiary/aromatic N) is 4. The fourth-order valence-electron chi connectivity index (χ4n) is 9.91. The van der Waals surface area contributed by atoms with Gasteiger partial charge in [0, 0.05) is 74.3 Å². The average Bonchev–Trinajstić information content (AvgIpc) is 4.08. The first kappa shape index (κ1) is 57.8. The second kappa shape index (κ2) is 26.3. The molecule has 0 aromatic heterocycles. The number of hydrogen-bond acceptors (Lipinski definition) is 7. The fraction of sp³-hybridized carbons (Fsp3) is 0.516. The van der Waals surface area contributed by atoms with Gasteiger partial charge in [0.1, 0.15) is 23.6 Å². The van der Waals surface area contributed by atoms with Gasteiger partial charge in [-0.15, -0.1) is 0 Å². The lowest BCUT2D eigenvalue weighted by Gasteiger charge is -2.37. The Morgan fingerprint density at radius 1 is 0.547 bits per heavy atom. The third-order valence-electron chi connectivity index (χ3n) is 15.1. The van der Waals surface area contributed by atoms with Crippen LogP contribution in [0.5, 0.6) is 11.5 Å². The van der Waals surface area contributed by atoms with E-state index in [1.165, 1.54) is 0 Å². The maximum absolute atomic E-state index is 14.5. The quantitative estimate of drug-likeness (QED) is 0.0796. The molecular weight excluding hydrogens is 941 g/mol. The Balaban J connectivity index is 1.15. The lowest BCUT2D eigenvalue weighted by Crippen LogP contribution is -2.57. The SMILES string of the molecule is CC[C@@H](C)C(=O)N[C@H](C(=O)N1CCC[C@H]1CN(CCc1ccccc1)C(=O)c1ccc(Oc2ccc(C(=O)N(CCc3ccccc3)C[C@@H]3CCCN3C(=O)[C@@H](NC(=O)[C@H](C)CC)C(C)(C)C)cc2)cc1)C(C)(C)C. The van der Waals surface area contributed by atoms with Crippen LogP contribution in [0.2, 0.25) is 0 Å². The maximum Gasteiger partial charge on any atom is 0.253 e. The minimum Gasteiger partial charge on any atom is -0.457 e. The number of likely N-dealkylation sites (tertiary alicyclic amines) is 2. The highest BCUT2D eigenvalue weighted by molar-refractivity contribution is 5.95. The Bertz CT molecular complexity index is 2350. The van der Waals surface area contributed by atoms with E-state index in [4.69, 9.17) is 4.74 Å². The van der Waals surface area contributed by atoms with Crippen LogP contribution < -0.4 is 15.4 Å². The predicted molar refractivity (Wildman–Crippen MR) is 296 cm³/mol. The van der Waals surface area contributed by atoms with Crippen molar-refractivity contribution in [3.63, 3.8) is 0 Å². The topological polar surface area (TPSA) is 149 Å². The Kier molecular flexibility index (Phi) is 20.3. The molecule has 404 valence electrons. The number of carbonyl (C=O) groups is 6. The summed E-state index contributed by atoms with van der Waals surface area (Å²) in [6.45, 7) is 22.2. The molecule has 2 N–H and O–H groups in total. The summed E-state index contributed by atoms with van der Waals surface area (Å²) in [5, 5.41) is 6.14. The van der Waals surface area contributed by atoms with Gasteiger partial charge in [0.05, 0.1) is 0 Å². The van der Waals surface area contributed by atoms with Crippen molar-refractivity contribution in [1.29, 1.82) is 0 Å². The molecule has 13 heteroatoms. The van der Waals surface area contributed by atoms with Gasteiger partial charge in [-0.25, -0.2) is 0 Å². The zero-order valence-corrected chi connectivity index (χ0v) is 46.4. The van der Waals surface area contributed by atoms with Gasteiger partial charge in [-0.05, 0) is 122 Å². The fourth-order valence-corrected chi connectivity index (χ4v) is 9.91. The summed E-state index contributed by atoms with van der Waals surface area (Å²) < 4.78 is 6.28. The summed E-state index contributed by atoms with van der Waals surface area (Å²) in [5.41, 5.74) is 2.16. The van der Waals surface area contributed by atoms with E-state index < -0.39 is 22.9 Å². The number of amides is 6. The average molecular weight is 1030 g/mol. The van der Waals surface area contributed by atoms with Gasteiger partial charge in [-0.3, -0.25) is 28.8 Å². The molecule has 4 aromatic rings. The highest BCUT2D eigenvalue weighted by Crippen LogP contribution is 2.30. The molecule has 0 spiro atoms. The van der Waals surface area contributed by atoms with Crippen molar-refractivity contribution < 1.29 is 33.5 Å². The number of benzene rings is 4. The van der Waals surface area contributed by atoms with Gasteiger partial charge < -0.3 is 35.0 Å². The highest BCUT2D eigenvalue weighted by atomic mass is 16.5. The first-order valence-electron chi connectivity index (χ1n) is 27.4. The van der Waals surface area contributed by atoms with Crippen molar-refractivity contribution in [2.75, 3.05) is 39.3 Å². The molecular formula is C62H84N6O7. The number of carbonyl (C=O) groups excluding carboxylic acids is 6. The Morgan fingerprint density at radius 2 is 0.893 bits per heavy atom. The number of rotatable bonds is 22. The summed E-state index contributed by atoms with van der Waals surface area (Å²) >= 11 is 0. The molecule has 4 aromatic carbocycles. The van der Waals surface area contributed by atoms with Gasteiger partial charge in [0.2, 0.25) is 23.6 Å². The van der Waals surface area contributed by atoms with Crippen LogP contribution in [0.25, 0.3) is 0 Å². The Morgan fingerprint density at radius 3 is 1.21 bits per heavy atom. The zero-order valence-electron chi connectivity index (χ0n) is 46.4. The standard InChI is InChI=1S/C62H84N6O7/c1-11-43(3)55(69)63-53(61(5,6)7)59(73)67-37-19-25-49(67)41-65(39-35-45-21-15-13-16-22-45)57(71)47-27-31-51(32-28-47)75-52-33-29-48(30-34-52)58(72)66(40-36-46-23-17-14-18-24-46)42-50-26-20-38-68(50)60(74)54(62(8,9)10)64-56(70)44(4)12-2/h13-18,21-24,27-34,43-44,49-50,53-54H,11-12,19-20,25-26,35-42H2,1-10H3,(H,63,69)(H,64,70)/t43-,44-,49+,50+,53-,54-/m1/s1. The number of ether oxygens (including phenoxy) is 1. The van der Waals surface area contributed by atoms with Crippen molar-refractivity contribution >= 4 is 35.4 Å². The molecule has 0 unspecified atom stereocenters. The van der Waals surface area contributed by atoms with Crippen LogP contribution in [0.3, 0.4) is 0 Å². The second-order valence-electron chi connectivity index (χ2n) is 23.0. The van der Waals surface area contributed by atoms with Crippen LogP contribution in [-0.2, 0) is 32.0 Å². The molecule has 0 bridgehead atoms. The van der Waals surface area contributed by atoms with Crippen LogP contribution in [0, 0.1) is 22.7 Å². The van der Waals surface area contributed by atoms with Crippen LogP contribution in [0.15, 0.2) is 109 Å². The molecule has 6 amide bonds. The van der Waals surface area contributed by atoms with Crippen LogP contribution in [0.4, 0.5) is 0 Å². The molecule has 2 fully saturated rings. The molecule has 2 aliphatic heterocycles. The molecule has 0 saturated carbocycles. The lowest BCUT2D eigenvalue weighted by atomic mass is 9.85. The van der Waals surface area contributed by atoms with Gasteiger partial charge in [0.25, 0.3) is 11.8 Å². The molecule has 0 aliphatic carbocycles. The van der Waals surface area contributed by atoms with E-state index in [-0.39, 0.29) is 59.4 Å². The van der Waals surface area contributed by atoms with E-state index in [0.29, 0.717) is 87.6 Å². The Labute approximate surface area is 447 Å². The second-order valence-corrected chi connectivity index (χ2v) is 23.0. The number of hydrogen-bond donors (Lipinski definition) is 2. The zero-order chi connectivity index (χ0) is 54.5. The first-order chi connectivity index (χ1) is 35.7. The van der Waals surface area contributed by atoms with Gasteiger partial charge >= 0.3 is 0 Å². The van der Waals surface area contributed by atoms with Crippen LogP contribution >= 0.6 is 0 Å². The number of nitrogens with one attached hydrogen (secondary N) is 2. The molecule has 2 saturated heterocycles. The minimum absolute atomic E-state index is 0.115. The Hall–Kier alpha value is -6.50. The van der Waals surface area contributed by atoms with Crippen molar-refractivity contribution in [3.05, 3.63) is 131 Å². The van der Waals surface area contributed by atoms with Crippen molar-refractivity contribution in [2.24, 2.45) is 22.7 Å². The lowest BCUT2D eigenvalue weighted by molar-refractivity contribution is -0.141. The maximum atomic E-state index is 14.5. The molecule has 0 radical (unpaired) electrons. The third-order valence-corrected chi connectivity index (χ3v) is 15.1.